The third-order valence-corrected chi connectivity index (χ3v) is 3.08. The van der Waals surface area contributed by atoms with Crippen LogP contribution in [0.3, 0.4) is 0 Å². The predicted molar refractivity (Wildman–Crippen MR) is 81.5 cm³/mol. The number of carbonyl (C=O) groups excluding carboxylic acids is 2. The Morgan fingerprint density at radius 2 is 1.57 bits per heavy atom. The molecule has 0 aliphatic rings. The van der Waals surface area contributed by atoms with Crippen LogP contribution in [0.15, 0.2) is 0 Å². The molecule has 0 radical (unpaired) electrons. The average Bonchev–Trinajstić information content (AvgIpc) is 2.41. The van der Waals surface area contributed by atoms with Crippen molar-refractivity contribution in [2.75, 3.05) is 0 Å². The van der Waals surface area contributed by atoms with E-state index in [9.17, 15) is 19.2 Å². The molecule has 0 aliphatic heterocycles. The fourth-order valence-electron chi connectivity index (χ4n) is 1.82. The van der Waals surface area contributed by atoms with Gasteiger partial charge in [0.1, 0.15) is 12.1 Å². The van der Waals surface area contributed by atoms with Crippen molar-refractivity contribution in [3.8, 4) is 0 Å². The van der Waals surface area contributed by atoms with Crippen molar-refractivity contribution in [3.05, 3.63) is 0 Å². The van der Waals surface area contributed by atoms with Crippen LogP contribution in [0, 0.1) is 5.92 Å². The molecule has 9 nitrogen and oxygen atoms in total. The average molecular weight is 331 g/mol. The van der Waals surface area contributed by atoms with Crippen LogP contribution >= 0.6 is 0 Å². The molecular weight excluding hydrogens is 306 g/mol. The summed E-state index contributed by atoms with van der Waals surface area (Å²) in [6, 6.07) is -3.07. The Hall–Kier alpha value is -2.16. The first-order valence-corrected chi connectivity index (χ1v) is 7.35. The van der Waals surface area contributed by atoms with Crippen LogP contribution in [-0.2, 0) is 19.2 Å². The molecule has 0 heterocycles. The first-order chi connectivity index (χ1) is 10.5. The molecule has 23 heavy (non-hydrogen) atoms. The van der Waals surface area contributed by atoms with Gasteiger partial charge in [0.15, 0.2) is 0 Å². The third kappa shape index (κ3) is 8.77. The van der Waals surface area contributed by atoms with Gasteiger partial charge in [-0.1, -0.05) is 13.8 Å². The highest BCUT2D eigenvalue weighted by molar-refractivity contribution is 5.91. The maximum absolute atomic E-state index is 11.9. The second kappa shape index (κ2) is 9.78. The van der Waals surface area contributed by atoms with E-state index in [1.807, 2.05) is 13.8 Å². The molecule has 0 aliphatic carbocycles. The second-order valence-electron chi connectivity index (χ2n) is 5.80. The molecule has 2 amide bonds. The van der Waals surface area contributed by atoms with Crippen molar-refractivity contribution in [3.63, 3.8) is 0 Å². The summed E-state index contributed by atoms with van der Waals surface area (Å²) in [4.78, 5) is 45.2. The van der Waals surface area contributed by atoms with Crippen LogP contribution in [0.2, 0.25) is 0 Å². The molecule has 132 valence electrons. The van der Waals surface area contributed by atoms with E-state index in [1.54, 1.807) is 0 Å². The summed E-state index contributed by atoms with van der Waals surface area (Å²) in [6.45, 7) is 5.21. The minimum Gasteiger partial charge on any atom is -0.481 e. The molecule has 6 N–H and O–H groups in total. The number of rotatable bonds is 10. The van der Waals surface area contributed by atoms with Gasteiger partial charge in [0.25, 0.3) is 0 Å². The minimum atomic E-state index is -1.34. The van der Waals surface area contributed by atoms with Gasteiger partial charge >= 0.3 is 11.9 Å². The highest BCUT2D eigenvalue weighted by atomic mass is 16.4. The van der Waals surface area contributed by atoms with Gasteiger partial charge < -0.3 is 26.6 Å². The molecule has 0 rings (SSSR count). The van der Waals surface area contributed by atoms with Gasteiger partial charge in [-0.25, -0.2) is 4.79 Å². The highest BCUT2D eigenvalue weighted by Gasteiger charge is 2.25. The summed E-state index contributed by atoms with van der Waals surface area (Å²) >= 11 is 0. The van der Waals surface area contributed by atoms with Crippen LogP contribution < -0.4 is 16.4 Å². The molecule has 3 atom stereocenters. The standard InChI is InChI=1S/C14H25N3O6/c1-7(2)6-9(15)13(21)16-8(3)12(20)17-10(14(22)23)4-5-11(18)19/h7-10H,4-6,15H2,1-3H3,(H,16,21)(H,17,20)(H,18,19)(H,22,23). The van der Waals surface area contributed by atoms with Crippen molar-refractivity contribution < 1.29 is 29.4 Å². The summed E-state index contributed by atoms with van der Waals surface area (Å²) in [5.74, 6) is -3.50. The van der Waals surface area contributed by atoms with E-state index < -0.39 is 48.3 Å². The largest absolute Gasteiger partial charge is 0.481 e. The van der Waals surface area contributed by atoms with Crippen molar-refractivity contribution in [2.45, 2.75) is 58.2 Å². The zero-order valence-electron chi connectivity index (χ0n) is 13.5. The molecule has 0 aromatic heterocycles. The van der Waals surface area contributed by atoms with Gasteiger partial charge in [-0.2, -0.15) is 0 Å². The first-order valence-electron chi connectivity index (χ1n) is 7.35. The number of carboxylic acid groups (broad SMARTS) is 2. The maximum atomic E-state index is 11.9. The molecule has 3 unspecified atom stereocenters. The fraction of sp³-hybridized carbons (Fsp3) is 0.714. The first kappa shape index (κ1) is 20.8. The van der Waals surface area contributed by atoms with E-state index in [4.69, 9.17) is 15.9 Å². The molecule has 9 heteroatoms. The highest BCUT2D eigenvalue weighted by Crippen LogP contribution is 2.03. The topological polar surface area (TPSA) is 159 Å². The lowest BCUT2D eigenvalue weighted by Gasteiger charge is -2.20. The van der Waals surface area contributed by atoms with Crippen molar-refractivity contribution >= 4 is 23.8 Å². The third-order valence-electron chi connectivity index (χ3n) is 3.08. The molecule has 0 saturated heterocycles. The van der Waals surface area contributed by atoms with Gasteiger partial charge in [-0.3, -0.25) is 14.4 Å². The van der Waals surface area contributed by atoms with Gasteiger partial charge in [0.05, 0.1) is 6.04 Å². The SMILES string of the molecule is CC(C)CC(N)C(=O)NC(C)C(=O)NC(CCC(=O)O)C(=O)O. The van der Waals surface area contributed by atoms with E-state index in [2.05, 4.69) is 10.6 Å². The zero-order valence-corrected chi connectivity index (χ0v) is 13.5. The predicted octanol–water partition coefficient (Wildman–Crippen LogP) is -0.701. The second-order valence-corrected chi connectivity index (χ2v) is 5.80. The lowest BCUT2D eigenvalue weighted by Crippen LogP contribution is -2.53. The summed E-state index contributed by atoms with van der Waals surface area (Å²) < 4.78 is 0. The molecular formula is C14H25N3O6. The summed E-state index contributed by atoms with van der Waals surface area (Å²) in [5.41, 5.74) is 5.69. The summed E-state index contributed by atoms with van der Waals surface area (Å²) in [6.07, 6.45) is -0.183. The Morgan fingerprint density at radius 1 is 1.00 bits per heavy atom. The number of hydrogen-bond acceptors (Lipinski definition) is 5. The Labute approximate surface area is 134 Å². The molecule has 0 aromatic rings. The lowest BCUT2D eigenvalue weighted by molar-refractivity contribution is -0.143. The van der Waals surface area contributed by atoms with Crippen LogP contribution in [-0.4, -0.2) is 52.1 Å². The van der Waals surface area contributed by atoms with E-state index in [1.165, 1.54) is 6.92 Å². The monoisotopic (exact) mass is 331 g/mol. The van der Waals surface area contributed by atoms with Gasteiger partial charge in [-0.15, -0.1) is 0 Å². The smallest absolute Gasteiger partial charge is 0.326 e. The Morgan fingerprint density at radius 3 is 2.00 bits per heavy atom. The molecule has 0 saturated carbocycles. The lowest BCUT2D eigenvalue weighted by atomic mass is 10.0. The summed E-state index contributed by atoms with van der Waals surface area (Å²) in [5, 5.41) is 22.1. The number of nitrogens with two attached hydrogens (primary N) is 1. The van der Waals surface area contributed by atoms with E-state index in [0.29, 0.717) is 6.42 Å². The molecule has 0 fully saturated rings. The van der Waals surface area contributed by atoms with Gasteiger partial charge in [0, 0.05) is 6.42 Å². The van der Waals surface area contributed by atoms with Crippen molar-refractivity contribution in [1.82, 2.24) is 10.6 Å². The number of amides is 2. The summed E-state index contributed by atoms with van der Waals surface area (Å²) in [7, 11) is 0. The van der Waals surface area contributed by atoms with Crippen molar-refractivity contribution in [2.24, 2.45) is 11.7 Å². The normalized spacial score (nSPS) is 14.7. The van der Waals surface area contributed by atoms with Crippen molar-refractivity contribution in [1.29, 1.82) is 0 Å². The molecule has 0 aromatic carbocycles. The minimum absolute atomic E-state index is 0.215. The molecule has 0 spiro atoms. The Bertz CT molecular complexity index is 452. The molecule has 0 bridgehead atoms. The van der Waals surface area contributed by atoms with E-state index in [-0.39, 0.29) is 12.3 Å². The number of carbonyl (C=O) groups is 4. The number of hydrogen-bond donors (Lipinski definition) is 5. The maximum Gasteiger partial charge on any atom is 0.326 e. The van der Waals surface area contributed by atoms with Crippen LogP contribution in [0.1, 0.15) is 40.0 Å². The van der Waals surface area contributed by atoms with E-state index in [0.717, 1.165) is 0 Å². The fourth-order valence-corrected chi connectivity index (χ4v) is 1.82. The van der Waals surface area contributed by atoms with Gasteiger partial charge in [0.2, 0.25) is 11.8 Å². The number of aliphatic carboxylic acids is 2. The van der Waals surface area contributed by atoms with Crippen LogP contribution in [0.4, 0.5) is 0 Å². The van der Waals surface area contributed by atoms with Gasteiger partial charge in [-0.05, 0) is 25.7 Å². The van der Waals surface area contributed by atoms with Crippen LogP contribution in [0.5, 0.6) is 0 Å². The van der Waals surface area contributed by atoms with Crippen LogP contribution in [0.25, 0.3) is 0 Å². The Kier molecular flexibility index (Phi) is 8.86. The number of carboxylic acids is 2. The quantitative estimate of drug-likeness (QED) is 0.354. The van der Waals surface area contributed by atoms with E-state index >= 15 is 0 Å². The number of nitrogens with one attached hydrogen (secondary N) is 2. The zero-order chi connectivity index (χ0) is 18.2. The Balaban J connectivity index is 4.53.